The zero-order valence-corrected chi connectivity index (χ0v) is 17.7. The van der Waals surface area contributed by atoms with Gasteiger partial charge in [0.25, 0.3) is 5.91 Å². The lowest BCUT2D eigenvalue weighted by Crippen LogP contribution is -2.30. The Morgan fingerprint density at radius 3 is 2.55 bits per heavy atom. The van der Waals surface area contributed by atoms with Gasteiger partial charge in [-0.15, -0.1) is 5.10 Å². The highest BCUT2D eigenvalue weighted by molar-refractivity contribution is 5.94. The first kappa shape index (κ1) is 21.0. The minimum Gasteiger partial charge on any atom is -0.406 e. The molecule has 31 heavy (non-hydrogen) atoms. The average molecular weight is 423 g/mol. The first-order chi connectivity index (χ1) is 15.1. The van der Waals surface area contributed by atoms with E-state index in [1.807, 2.05) is 30.3 Å². The number of rotatable bonds is 6. The molecule has 4 rings (SSSR count). The maximum absolute atomic E-state index is 14.0. The number of nitrogens with zero attached hydrogens (tertiary/aromatic N) is 3. The number of amides is 1. The van der Waals surface area contributed by atoms with Crippen LogP contribution in [0.25, 0.3) is 0 Å². The van der Waals surface area contributed by atoms with Gasteiger partial charge in [0.15, 0.2) is 0 Å². The second-order valence-electron chi connectivity index (χ2n) is 8.00. The van der Waals surface area contributed by atoms with Gasteiger partial charge in [0.05, 0.1) is 0 Å². The Balaban J connectivity index is 1.57. The molecule has 0 unspecified atom stereocenters. The molecular formula is C24H27FN4O2. The number of hydrogen-bond acceptors (Lipinski definition) is 5. The molecule has 1 aliphatic rings. The molecule has 3 aromatic rings. The molecule has 0 bridgehead atoms. The Labute approximate surface area is 181 Å². The third-order valence-corrected chi connectivity index (χ3v) is 5.63. The lowest BCUT2D eigenvalue weighted by atomic mass is 10.0. The Bertz CT molecular complexity index is 1010. The van der Waals surface area contributed by atoms with E-state index in [2.05, 4.69) is 20.4 Å². The quantitative estimate of drug-likeness (QED) is 0.628. The van der Waals surface area contributed by atoms with Crippen LogP contribution in [0.4, 0.5) is 10.4 Å². The minimum absolute atomic E-state index is 0.258. The summed E-state index contributed by atoms with van der Waals surface area (Å²) in [4.78, 5) is 15.0. The van der Waals surface area contributed by atoms with Gasteiger partial charge in [-0.25, -0.2) is 4.39 Å². The summed E-state index contributed by atoms with van der Waals surface area (Å²) < 4.78 is 20.0. The summed E-state index contributed by atoms with van der Waals surface area (Å²) in [6, 6.07) is 14.2. The van der Waals surface area contributed by atoms with Gasteiger partial charge in [-0.3, -0.25) is 4.79 Å². The van der Waals surface area contributed by atoms with Gasteiger partial charge in [0.1, 0.15) is 11.9 Å². The molecule has 1 aliphatic heterocycles. The topological polar surface area (TPSA) is 71.3 Å². The molecule has 1 fully saturated rings. The van der Waals surface area contributed by atoms with E-state index in [-0.39, 0.29) is 11.5 Å². The molecule has 1 saturated heterocycles. The van der Waals surface area contributed by atoms with Crippen LogP contribution in [0.5, 0.6) is 0 Å². The van der Waals surface area contributed by atoms with Crippen molar-refractivity contribution in [2.45, 2.75) is 45.1 Å². The fourth-order valence-electron chi connectivity index (χ4n) is 3.78. The summed E-state index contributed by atoms with van der Waals surface area (Å²) >= 11 is 0. The van der Waals surface area contributed by atoms with Crippen molar-refractivity contribution < 1.29 is 13.6 Å². The van der Waals surface area contributed by atoms with Gasteiger partial charge in [-0.2, -0.15) is 0 Å². The molecule has 6 nitrogen and oxygen atoms in total. The monoisotopic (exact) mass is 422 g/mol. The predicted octanol–water partition coefficient (Wildman–Crippen LogP) is 4.61. The van der Waals surface area contributed by atoms with E-state index >= 15 is 0 Å². The van der Waals surface area contributed by atoms with Crippen molar-refractivity contribution in [3.8, 4) is 0 Å². The maximum Gasteiger partial charge on any atom is 0.318 e. The molecule has 7 heteroatoms. The number of nitrogens with one attached hydrogen (secondary N) is 1. The Kier molecular flexibility index (Phi) is 6.60. The van der Waals surface area contributed by atoms with Crippen LogP contribution in [0.3, 0.4) is 0 Å². The molecule has 1 amide bonds. The molecule has 2 aromatic carbocycles. The fourth-order valence-corrected chi connectivity index (χ4v) is 3.78. The predicted molar refractivity (Wildman–Crippen MR) is 116 cm³/mol. The van der Waals surface area contributed by atoms with E-state index in [4.69, 9.17) is 4.42 Å². The van der Waals surface area contributed by atoms with Crippen molar-refractivity contribution in [2.75, 3.05) is 18.0 Å². The molecule has 1 aromatic heterocycles. The number of halogens is 1. The summed E-state index contributed by atoms with van der Waals surface area (Å²) in [6.07, 6.45) is 5.10. The molecule has 1 atom stereocenters. The van der Waals surface area contributed by atoms with Crippen LogP contribution in [0, 0.1) is 12.7 Å². The molecule has 0 radical (unpaired) electrons. The number of carbonyl (C=O) groups is 1. The first-order valence-electron chi connectivity index (χ1n) is 10.8. The van der Waals surface area contributed by atoms with Gasteiger partial charge in [-0.1, -0.05) is 54.3 Å². The number of benzene rings is 2. The highest BCUT2D eigenvalue weighted by Gasteiger charge is 2.24. The molecule has 0 spiro atoms. The molecule has 2 heterocycles. The highest BCUT2D eigenvalue weighted by Crippen LogP contribution is 2.24. The van der Waals surface area contributed by atoms with Gasteiger partial charge in [0.2, 0.25) is 5.89 Å². The molecule has 0 saturated carbocycles. The summed E-state index contributed by atoms with van der Waals surface area (Å²) in [7, 11) is 0. The molecular weight excluding hydrogens is 395 g/mol. The summed E-state index contributed by atoms with van der Waals surface area (Å²) in [5.41, 5.74) is 1.78. The first-order valence-corrected chi connectivity index (χ1v) is 10.8. The summed E-state index contributed by atoms with van der Waals surface area (Å²) in [5, 5.41) is 11.5. The van der Waals surface area contributed by atoms with Crippen LogP contribution in [0.2, 0.25) is 0 Å². The van der Waals surface area contributed by atoms with Crippen LogP contribution < -0.4 is 10.2 Å². The van der Waals surface area contributed by atoms with Gasteiger partial charge in [-0.05, 0) is 43.0 Å². The molecule has 0 aliphatic carbocycles. The largest absolute Gasteiger partial charge is 0.406 e. The van der Waals surface area contributed by atoms with E-state index in [1.165, 1.54) is 18.9 Å². The molecule has 162 valence electrons. The number of aromatic nitrogens is 2. The number of hydrogen-bond donors (Lipinski definition) is 1. The summed E-state index contributed by atoms with van der Waals surface area (Å²) in [5.74, 6) is -0.438. The number of aryl methyl sites for hydroxylation is 1. The van der Waals surface area contributed by atoms with Crippen LogP contribution >= 0.6 is 0 Å². The van der Waals surface area contributed by atoms with Crippen molar-refractivity contribution in [1.29, 1.82) is 0 Å². The maximum atomic E-state index is 14.0. The number of carbonyl (C=O) groups excluding carboxylic acids is 1. The lowest BCUT2D eigenvalue weighted by Gasteiger charge is -2.18. The van der Waals surface area contributed by atoms with Crippen molar-refractivity contribution >= 4 is 11.9 Å². The van der Waals surface area contributed by atoms with Crippen molar-refractivity contribution in [2.24, 2.45) is 0 Å². The van der Waals surface area contributed by atoms with E-state index in [0.717, 1.165) is 31.5 Å². The van der Waals surface area contributed by atoms with Crippen LogP contribution in [0.1, 0.15) is 59.1 Å². The fraction of sp³-hybridized carbons (Fsp3) is 0.375. The van der Waals surface area contributed by atoms with E-state index in [0.29, 0.717) is 23.9 Å². The minimum atomic E-state index is -0.521. The zero-order chi connectivity index (χ0) is 21.6. The standard InChI is InChI=1S/C24H27FN4O2/c1-17-11-12-19(16-20(17)25)22(30)26-21(15-18-9-5-4-6-10-18)23-27-28-24(31-23)29-13-7-2-3-8-14-29/h4-6,9-12,16,21H,2-3,7-8,13-15H2,1H3,(H,26,30)/t21-/m1/s1. The SMILES string of the molecule is Cc1ccc(C(=O)N[C@H](Cc2ccccc2)c2nnc(N3CCCCCC3)o2)cc1F. The zero-order valence-electron chi connectivity index (χ0n) is 17.7. The van der Waals surface area contributed by atoms with Crippen LogP contribution in [-0.4, -0.2) is 29.2 Å². The van der Waals surface area contributed by atoms with Crippen LogP contribution in [0.15, 0.2) is 52.9 Å². The van der Waals surface area contributed by atoms with Gasteiger partial charge >= 0.3 is 6.01 Å². The highest BCUT2D eigenvalue weighted by atomic mass is 19.1. The normalized spacial score (nSPS) is 15.4. The Hall–Kier alpha value is -3.22. The van der Waals surface area contributed by atoms with Gasteiger partial charge in [0, 0.05) is 25.1 Å². The Morgan fingerprint density at radius 2 is 1.84 bits per heavy atom. The lowest BCUT2D eigenvalue weighted by molar-refractivity contribution is 0.0929. The van der Waals surface area contributed by atoms with E-state index in [1.54, 1.807) is 19.1 Å². The number of anilines is 1. The van der Waals surface area contributed by atoms with Crippen molar-refractivity contribution in [3.63, 3.8) is 0 Å². The van der Waals surface area contributed by atoms with E-state index in [9.17, 15) is 9.18 Å². The van der Waals surface area contributed by atoms with Crippen molar-refractivity contribution in [1.82, 2.24) is 15.5 Å². The second kappa shape index (κ2) is 9.73. The van der Waals surface area contributed by atoms with E-state index < -0.39 is 11.9 Å². The second-order valence-corrected chi connectivity index (χ2v) is 8.00. The smallest absolute Gasteiger partial charge is 0.318 e. The van der Waals surface area contributed by atoms with Gasteiger partial charge < -0.3 is 14.6 Å². The van der Waals surface area contributed by atoms with Crippen molar-refractivity contribution in [3.05, 3.63) is 76.9 Å². The Morgan fingerprint density at radius 1 is 1.10 bits per heavy atom. The third kappa shape index (κ3) is 5.29. The molecule has 1 N–H and O–H groups in total. The summed E-state index contributed by atoms with van der Waals surface area (Å²) in [6.45, 7) is 3.44. The van der Waals surface area contributed by atoms with Crippen LogP contribution in [-0.2, 0) is 6.42 Å². The third-order valence-electron chi connectivity index (χ3n) is 5.63. The average Bonchev–Trinajstić information content (AvgIpc) is 3.11.